The molecule has 0 fully saturated rings. The van der Waals surface area contributed by atoms with Crippen molar-refractivity contribution in [2.45, 2.75) is 19.4 Å². The molecule has 1 amide bonds. The summed E-state index contributed by atoms with van der Waals surface area (Å²) >= 11 is 0. The highest BCUT2D eigenvalue weighted by molar-refractivity contribution is 5.75. The lowest BCUT2D eigenvalue weighted by Gasteiger charge is -2.08. The number of aromatic nitrogens is 1. The number of benzene rings is 1. The van der Waals surface area contributed by atoms with Crippen LogP contribution in [-0.2, 0) is 11.3 Å². The molecule has 4 nitrogen and oxygen atoms in total. The molecule has 0 bridgehead atoms. The molecule has 0 spiro atoms. The maximum absolute atomic E-state index is 12.7. The summed E-state index contributed by atoms with van der Waals surface area (Å²) in [6.45, 7) is 1.65. The van der Waals surface area contributed by atoms with Crippen LogP contribution in [0.15, 0.2) is 48.8 Å². The Morgan fingerprint density at radius 2 is 1.90 bits per heavy atom. The summed E-state index contributed by atoms with van der Waals surface area (Å²) in [4.78, 5) is 11.6. The number of aryl methyl sites for hydroxylation is 1. The first-order chi connectivity index (χ1) is 10.2. The molecule has 112 valence electrons. The van der Waals surface area contributed by atoms with Crippen LogP contribution in [0.3, 0.4) is 0 Å². The highest BCUT2D eigenvalue weighted by Gasteiger charge is 2.01. The number of ether oxygens (including phenoxy) is 1. The van der Waals surface area contributed by atoms with Gasteiger partial charge in [-0.05, 0) is 42.8 Å². The average Bonchev–Trinajstić information content (AvgIpc) is 2.99. The standard InChI is InChI=1S/C16H19FN2O2/c17-14-5-7-15(8-6-14)21-13-9-18-16(20)4-3-12-19-10-1-2-11-19/h1-2,5-8,10-11H,3-4,9,12-13H2,(H,18,20). The average molecular weight is 290 g/mol. The Kier molecular flexibility index (Phi) is 5.82. The van der Waals surface area contributed by atoms with Crippen LogP contribution in [0, 0.1) is 5.82 Å². The van der Waals surface area contributed by atoms with Gasteiger partial charge in [0.2, 0.25) is 5.91 Å². The Morgan fingerprint density at radius 1 is 1.19 bits per heavy atom. The maximum Gasteiger partial charge on any atom is 0.220 e. The summed E-state index contributed by atoms with van der Waals surface area (Å²) in [5.74, 6) is 0.321. The van der Waals surface area contributed by atoms with E-state index in [9.17, 15) is 9.18 Å². The number of halogens is 1. The summed E-state index contributed by atoms with van der Waals surface area (Å²) < 4.78 is 20.1. The van der Waals surface area contributed by atoms with Crippen molar-refractivity contribution in [1.29, 1.82) is 0 Å². The highest BCUT2D eigenvalue weighted by atomic mass is 19.1. The number of hydrogen-bond donors (Lipinski definition) is 1. The molecule has 0 radical (unpaired) electrons. The number of hydrogen-bond acceptors (Lipinski definition) is 2. The fourth-order valence-corrected chi connectivity index (χ4v) is 1.92. The van der Waals surface area contributed by atoms with Crippen molar-refractivity contribution in [2.24, 2.45) is 0 Å². The van der Waals surface area contributed by atoms with E-state index in [1.165, 1.54) is 12.1 Å². The number of nitrogens with one attached hydrogen (secondary N) is 1. The number of rotatable bonds is 8. The van der Waals surface area contributed by atoms with E-state index in [2.05, 4.69) is 5.32 Å². The van der Waals surface area contributed by atoms with Crippen molar-refractivity contribution in [1.82, 2.24) is 9.88 Å². The molecule has 2 aromatic rings. The van der Waals surface area contributed by atoms with Crippen LogP contribution in [0.4, 0.5) is 4.39 Å². The van der Waals surface area contributed by atoms with Crippen molar-refractivity contribution in [3.8, 4) is 5.75 Å². The van der Waals surface area contributed by atoms with Gasteiger partial charge < -0.3 is 14.6 Å². The molecule has 1 aromatic heterocycles. The van der Waals surface area contributed by atoms with Crippen molar-refractivity contribution in [2.75, 3.05) is 13.2 Å². The first-order valence-electron chi connectivity index (χ1n) is 7.00. The molecule has 0 saturated carbocycles. The predicted octanol–water partition coefficient (Wildman–Crippen LogP) is 2.60. The van der Waals surface area contributed by atoms with Crippen molar-refractivity contribution >= 4 is 5.91 Å². The highest BCUT2D eigenvalue weighted by Crippen LogP contribution is 2.10. The van der Waals surface area contributed by atoms with Gasteiger partial charge in [0.15, 0.2) is 0 Å². The SMILES string of the molecule is O=C(CCCn1cccc1)NCCOc1ccc(F)cc1. The summed E-state index contributed by atoms with van der Waals surface area (Å²) in [6.07, 6.45) is 5.26. The molecule has 21 heavy (non-hydrogen) atoms. The fourth-order valence-electron chi connectivity index (χ4n) is 1.92. The molecular weight excluding hydrogens is 271 g/mol. The number of amides is 1. The normalized spacial score (nSPS) is 10.3. The molecule has 5 heteroatoms. The van der Waals surface area contributed by atoms with Gasteiger partial charge in [0.05, 0.1) is 6.54 Å². The minimum atomic E-state index is -0.293. The zero-order valence-corrected chi connectivity index (χ0v) is 11.8. The molecule has 0 unspecified atom stereocenters. The van der Waals surface area contributed by atoms with Gasteiger partial charge in [-0.1, -0.05) is 0 Å². The molecule has 0 saturated heterocycles. The van der Waals surface area contributed by atoms with Crippen molar-refractivity contribution in [3.05, 3.63) is 54.6 Å². The molecule has 0 aliphatic rings. The number of carbonyl (C=O) groups excluding carboxylic acids is 1. The Hall–Kier alpha value is -2.30. The molecule has 0 aliphatic carbocycles. The molecule has 1 heterocycles. The molecule has 2 rings (SSSR count). The van der Waals surface area contributed by atoms with Crippen LogP contribution in [0.5, 0.6) is 5.75 Å². The van der Waals surface area contributed by atoms with Crippen LogP contribution in [0.2, 0.25) is 0 Å². The van der Waals surface area contributed by atoms with Gasteiger partial charge in [-0.3, -0.25) is 4.79 Å². The third kappa shape index (κ3) is 5.69. The smallest absolute Gasteiger partial charge is 0.220 e. The zero-order valence-electron chi connectivity index (χ0n) is 11.8. The third-order valence-corrected chi connectivity index (χ3v) is 2.99. The van der Waals surface area contributed by atoms with Crippen LogP contribution in [-0.4, -0.2) is 23.6 Å². The zero-order chi connectivity index (χ0) is 14.9. The fraction of sp³-hybridized carbons (Fsp3) is 0.312. The van der Waals surface area contributed by atoms with E-state index >= 15 is 0 Å². The van der Waals surface area contributed by atoms with Crippen molar-refractivity contribution in [3.63, 3.8) is 0 Å². The summed E-state index contributed by atoms with van der Waals surface area (Å²) in [7, 11) is 0. The molecular formula is C16H19FN2O2. The summed E-state index contributed by atoms with van der Waals surface area (Å²) in [5.41, 5.74) is 0. The van der Waals surface area contributed by atoms with Gasteiger partial charge in [-0.2, -0.15) is 0 Å². The first kappa shape index (κ1) is 15.1. The molecule has 0 aliphatic heterocycles. The lowest BCUT2D eigenvalue weighted by atomic mass is 10.3. The number of carbonyl (C=O) groups is 1. The van der Waals surface area contributed by atoms with Crippen molar-refractivity contribution < 1.29 is 13.9 Å². The second-order valence-corrected chi connectivity index (χ2v) is 4.68. The van der Waals surface area contributed by atoms with Gasteiger partial charge in [0.25, 0.3) is 0 Å². The second-order valence-electron chi connectivity index (χ2n) is 4.68. The number of nitrogens with zero attached hydrogens (tertiary/aromatic N) is 1. The van der Waals surface area contributed by atoms with E-state index in [0.29, 0.717) is 25.3 Å². The van der Waals surface area contributed by atoms with Crippen LogP contribution < -0.4 is 10.1 Å². The predicted molar refractivity (Wildman–Crippen MR) is 78.6 cm³/mol. The Balaban J connectivity index is 1.53. The lowest BCUT2D eigenvalue weighted by molar-refractivity contribution is -0.121. The monoisotopic (exact) mass is 290 g/mol. The molecule has 0 atom stereocenters. The van der Waals surface area contributed by atoms with E-state index in [-0.39, 0.29) is 11.7 Å². The largest absolute Gasteiger partial charge is 0.492 e. The third-order valence-electron chi connectivity index (χ3n) is 2.99. The summed E-state index contributed by atoms with van der Waals surface area (Å²) in [6, 6.07) is 9.74. The van der Waals surface area contributed by atoms with Crippen LogP contribution in [0.1, 0.15) is 12.8 Å². The van der Waals surface area contributed by atoms with E-state index in [4.69, 9.17) is 4.74 Å². The van der Waals surface area contributed by atoms with Crippen LogP contribution in [0.25, 0.3) is 0 Å². The topological polar surface area (TPSA) is 43.3 Å². The van der Waals surface area contributed by atoms with E-state index in [1.807, 2.05) is 29.1 Å². The lowest BCUT2D eigenvalue weighted by Crippen LogP contribution is -2.28. The van der Waals surface area contributed by atoms with Gasteiger partial charge >= 0.3 is 0 Å². The van der Waals surface area contributed by atoms with E-state index in [0.717, 1.165) is 13.0 Å². The molecule has 1 aromatic carbocycles. The van der Waals surface area contributed by atoms with Gasteiger partial charge in [0, 0.05) is 25.4 Å². The second kappa shape index (κ2) is 8.09. The summed E-state index contributed by atoms with van der Waals surface area (Å²) in [5, 5.41) is 2.80. The van der Waals surface area contributed by atoms with Gasteiger partial charge in [0.1, 0.15) is 18.2 Å². The van der Waals surface area contributed by atoms with Gasteiger partial charge in [-0.15, -0.1) is 0 Å². The molecule has 1 N–H and O–H groups in total. The van der Waals surface area contributed by atoms with E-state index < -0.39 is 0 Å². The minimum Gasteiger partial charge on any atom is -0.492 e. The Bertz CT molecular complexity index is 538. The van der Waals surface area contributed by atoms with Gasteiger partial charge in [-0.25, -0.2) is 4.39 Å². The Morgan fingerprint density at radius 3 is 2.62 bits per heavy atom. The van der Waals surface area contributed by atoms with Crippen LogP contribution >= 0.6 is 0 Å². The van der Waals surface area contributed by atoms with E-state index in [1.54, 1.807) is 12.1 Å². The first-order valence-corrected chi connectivity index (χ1v) is 7.00. The Labute approximate surface area is 123 Å². The quantitative estimate of drug-likeness (QED) is 0.759. The minimum absolute atomic E-state index is 0.0184. The maximum atomic E-state index is 12.7.